The summed E-state index contributed by atoms with van der Waals surface area (Å²) in [6.07, 6.45) is 10.2. The van der Waals surface area contributed by atoms with Gasteiger partial charge < -0.3 is 14.8 Å². The van der Waals surface area contributed by atoms with E-state index < -0.39 is 0 Å². The number of hydrogen-bond acceptors (Lipinski definition) is 3. The first-order valence-corrected chi connectivity index (χ1v) is 7.80. The Kier molecular flexibility index (Phi) is 5.93. The number of rotatable bonds is 10. The van der Waals surface area contributed by atoms with Crippen LogP contribution in [0, 0.1) is 0 Å². The van der Waals surface area contributed by atoms with Crippen LogP contribution < -0.4 is 5.32 Å². The van der Waals surface area contributed by atoms with Crippen LogP contribution in [0.2, 0.25) is 0 Å². The summed E-state index contributed by atoms with van der Waals surface area (Å²) < 4.78 is 11.7. The average Bonchev–Trinajstić information content (AvgIpc) is 3.11. The van der Waals surface area contributed by atoms with Gasteiger partial charge in [0.1, 0.15) is 0 Å². The molecular weight excluding hydrogens is 226 g/mol. The minimum atomic E-state index is 0.122. The van der Waals surface area contributed by atoms with Crippen LogP contribution in [0.4, 0.5) is 0 Å². The van der Waals surface area contributed by atoms with Crippen LogP contribution in [0.15, 0.2) is 0 Å². The van der Waals surface area contributed by atoms with E-state index in [0.717, 1.165) is 38.8 Å². The molecule has 2 fully saturated rings. The van der Waals surface area contributed by atoms with Crippen LogP contribution in [0.3, 0.4) is 0 Å². The topological polar surface area (TPSA) is 30.5 Å². The molecular formula is C15H29NO2. The van der Waals surface area contributed by atoms with E-state index in [1.165, 1.54) is 44.9 Å². The van der Waals surface area contributed by atoms with E-state index in [1.807, 2.05) is 0 Å². The third-order valence-electron chi connectivity index (χ3n) is 4.08. The molecule has 1 N–H and O–H groups in total. The van der Waals surface area contributed by atoms with Crippen molar-refractivity contribution in [2.24, 2.45) is 0 Å². The van der Waals surface area contributed by atoms with Crippen molar-refractivity contribution in [2.45, 2.75) is 69.9 Å². The SMILES string of the molecule is CCCCOCCOC1(CNC2CC2)CCCC1. The molecule has 0 heterocycles. The first-order valence-electron chi connectivity index (χ1n) is 7.80. The third-order valence-corrected chi connectivity index (χ3v) is 4.08. The van der Waals surface area contributed by atoms with Crippen molar-refractivity contribution >= 4 is 0 Å². The molecule has 106 valence electrons. The lowest BCUT2D eigenvalue weighted by Gasteiger charge is -2.30. The zero-order valence-electron chi connectivity index (χ0n) is 11.9. The Labute approximate surface area is 112 Å². The van der Waals surface area contributed by atoms with Crippen molar-refractivity contribution in [2.75, 3.05) is 26.4 Å². The Balaban J connectivity index is 1.59. The second-order valence-electron chi connectivity index (χ2n) is 5.86. The predicted molar refractivity (Wildman–Crippen MR) is 73.9 cm³/mol. The fourth-order valence-corrected chi connectivity index (χ4v) is 2.67. The molecule has 3 nitrogen and oxygen atoms in total. The molecule has 0 radical (unpaired) electrons. The molecule has 0 amide bonds. The largest absolute Gasteiger partial charge is 0.379 e. The molecule has 3 heteroatoms. The van der Waals surface area contributed by atoms with Crippen molar-refractivity contribution in [3.63, 3.8) is 0 Å². The highest BCUT2D eigenvalue weighted by Crippen LogP contribution is 2.33. The van der Waals surface area contributed by atoms with E-state index in [9.17, 15) is 0 Å². The molecule has 0 bridgehead atoms. The third kappa shape index (κ3) is 4.87. The second-order valence-corrected chi connectivity index (χ2v) is 5.86. The van der Waals surface area contributed by atoms with Gasteiger partial charge in [0, 0.05) is 19.2 Å². The fourth-order valence-electron chi connectivity index (χ4n) is 2.67. The number of unbranched alkanes of at least 4 members (excludes halogenated alkanes) is 1. The van der Waals surface area contributed by atoms with Crippen LogP contribution >= 0.6 is 0 Å². The minimum Gasteiger partial charge on any atom is -0.379 e. The van der Waals surface area contributed by atoms with Gasteiger partial charge in [-0.15, -0.1) is 0 Å². The highest BCUT2D eigenvalue weighted by molar-refractivity contribution is 4.92. The minimum absolute atomic E-state index is 0.122. The van der Waals surface area contributed by atoms with Gasteiger partial charge in [-0.25, -0.2) is 0 Å². The summed E-state index contributed by atoms with van der Waals surface area (Å²) >= 11 is 0. The lowest BCUT2D eigenvalue weighted by molar-refractivity contribution is -0.0629. The fraction of sp³-hybridized carbons (Fsp3) is 1.00. The Morgan fingerprint density at radius 1 is 1.11 bits per heavy atom. The van der Waals surface area contributed by atoms with Crippen LogP contribution in [0.25, 0.3) is 0 Å². The quantitative estimate of drug-likeness (QED) is 0.609. The first kappa shape index (κ1) is 14.3. The molecule has 0 saturated heterocycles. The number of hydrogen-bond donors (Lipinski definition) is 1. The van der Waals surface area contributed by atoms with E-state index in [-0.39, 0.29) is 5.60 Å². The van der Waals surface area contributed by atoms with Crippen molar-refractivity contribution in [3.8, 4) is 0 Å². The number of ether oxygens (including phenoxy) is 2. The Bertz CT molecular complexity index is 223. The lowest BCUT2D eigenvalue weighted by Crippen LogP contribution is -2.42. The number of nitrogens with one attached hydrogen (secondary N) is 1. The van der Waals surface area contributed by atoms with Gasteiger partial charge in [0.2, 0.25) is 0 Å². The normalized spacial score (nSPS) is 22.5. The zero-order valence-corrected chi connectivity index (χ0v) is 11.9. The smallest absolute Gasteiger partial charge is 0.0807 e. The molecule has 2 rings (SSSR count). The molecule has 0 aromatic heterocycles. The van der Waals surface area contributed by atoms with Gasteiger partial charge in [0.25, 0.3) is 0 Å². The molecule has 2 aliphatic rings. The monoisotopic (exact) mass is 255 g/mol. The van der Waals surface area contributed by atoms with Gasteiger partial charge in [-0.1, -0.05) is 26.2 Å². The summed E-state index contributed by atoms with van der Waals surface area (Å²) in [4.78, 5) is 0. The van der Waals surface area contributed by atoms with E-state index in [4.69, 9.17) is 9.47 Å². The highest BCUT2D eigenvalue weighted by atomic mass is 16.5. The maximum absolute atomic E-state index is 6.16. The van der Waals surface area contributed by atoms with Crippen molar-refractivity contribution < 1.29 is 9.47 Å². The summed E-state index contributed by atoms with van der Waals surface area (Å²) in [5, 5.41) is 3.63. The average molecular weight is 255 g/mol. The summed E-state index contributed by atoms with van der Waals surface area (Å²) in [6.45, 7) is 5.64. The molecule has 2 aliphatic carbocycles. The Hall–Kier alpha value is -0.120. The van der Waals surface area contributed by atoms with E-state index in [1.54, 1.807) is 0 Å². The molecule has 0 spiro atoms. The van der Waals surface area contributed by atoms with Crippen LogP contribution in [0.1, 0.15) is 58.3 Å². The standard InChI is InChI=1S/C15H29NO2/c1-2-3-10-17-11-12-18-15(8-4-5-9-15)13-16-14-6-7-14/h14,16H,2-13H2,1H3. The summed E-state index contributed by atoms with van der Waals surface area (Å²) in [7, 11) is 0. The van der Waals surface area contributed by atoms with E-state index in [2.05, 4.69) is 12.2 Å². The zero-order chi connectivity index (χ0) is 12.7. The van der Waals surface area contributed by atoms with Gasteiger partial charge in [-0.3, -0.25) is 0 Å². The molecule has 0 aromatic carbocycles. The van der Waals surface area contributed by atoms with E-state index in [0.29, 0.717) is 0 Å². The molecule has 0 unspecified atom stereocenters. The maximum atomic E-state index is 6.16. The second kappa shape index (κ2) is 7.46. The summed E-state index contributed by atoms with van der Waals surface area (Å²) in [5.74, 6) is 0. The Morgan fingerprint density at radius 3 is 2.56 bits per heavy atom. The molecule has 0 aromatic rings. The molecule has 2 saturated carbocycles. The maximum Gasteiger partial charge on any atom is 0.0807 e. The van der Waals surface area contributed by atoms with Crippen molar-refractivity contribution in [1.82, 2.24) is 5.32 Å². The van der Waals surface area contributed by atoms with Gasteiger partial charge in [0.05, 0.1) is 18.8 Å². The first-order chi connectivity index (χ1) is 8.85. The highest BCUT2D eigenvalue weighted by Gasteiger charge is 2.36. The van der Waals surface area contributed by atoms with Crippen molar-refractivity contribution in [3.05, 3.63) is 0 Å². The Morgan fingerprint density at radius 2 is 1.89 bits per heavy atom. The predicted octanol–water partition coefficient (Wildman–Crippen LogP) is 2.88. The summed E-state index contributed by atoms with van der Waals surface area (Å²) in [6, 6.07) is 0.784. The molecule has 0 atom stereocenters. The molecule has 0 aliphatic heterocycles. The van der Waals surface area contributed by atoms with Crippen LogP contribution in [-0.2, 0) is 9.47 Å². The summed E-state index contributed by atoms with van der Waals surface area (Å²) in [5.41, 5.74) is 0.122. The van der Waals surface area contributed by atoms with Crippen LogP contribution in [0.5, 0.6) is 0 Å². The van der Waals surface area contributed by atoms with Gasteiger partial charge in [-0.2, -0.15) is 0 Å². The van der Waals surface area contributed by atoms with E-state index >= 15 is 0 Å². The molecule has 18 heavy (non-hydrogen) atoms. The van der Waals surface area contributed by atoms with Gasteiger partial charge in [0.15, 0.2) is 0 Å². The van der Waals surface area contributed by atoms with Gasteiger partial charge in [-0.05, 0) is 32.1 Å². The van der Waals surface area contributed by atoms with Crippen LogP contribution in [-0.4, -0.2) is 38.0 Å². The van der Waals surface area contributed by atoms with Crippen molar-refractivity contribution in [1.29, 1.82) is 0 Å². The lowest BCUT2D eigenvalue weighted by atomic mass is 10.0. The van der Waals surface area contributed by atoms with Gasteiger partial charge >= 0.3 is 0 Å².